The van der Waals surface area contributed by atoms with E-state index < -0.39 is 0 Å². The predicted octanol–water partition coefficient (Wildman–Crippen LogP) is 1.26. The molecule has 0 fully saturated rings. The standard InChI is InChI=1S/C13H20N4OS/c1-10-4-6-11(7-5-10)14-13(19)16-15-12(18)8-9-17(2)3/h4-7H,8-9H2,1-3H3,(H,15,18)(H2,14,16,19). The van der Waals surface area contributed by atoms with Gasteiger partial charge in [0.1, 0.15) is 0 Å². The molecule has 0 saturated carbocycles. The first-order chi connectivity index (χ1) is 8.97. The van der Waals surface area contributed by atoms with Crippen LogP contribution in [0.2, 0.25) is 0 Å². The van der Waals surface area contributed by atoms with Gasteiger partial charge in [0.15, 0.2) is 5.11 Å². The summed E-state index contributed by atoms with van der Waals surface area (Å²) < 4.78 is 0. The molecule has 1 aromatic rings. The zero-order valence-corrected chi connectivity index (χ0v) is 12.3. The molecule has 0 heterocycles. The van der Waals surface area contributed by atoms with Gasteiger partial charge in [0.05, 0.1) is 0 Å². The normalized spacial score (nSPS) is 10.1. The van der Waals surface area contributed by atoms with Crippen molar-refractivity contribution in [2.75, 3.05) is 26.0 Å². The van der Waals surface area contributed by atoms with Crippen LogP contribution in [-0.2, 0) is 4.79 Å². The molecule has 0 bridgehead atoms. The predicted molar refractivity (Wildman–Crippen MR) is 81.8 cm³/mol. The van der Waals surface area contributed by atoms with Gasteiger partial charge in [-0.25, -0.2) is 0 Å². The van der Waals surface area contributed by atoms with Crippen LogP contribution in [0.5, 0.6) is 0 Å². The SMILES string of the molecule is Cc1ccc(NC(=S)NNC(=O)CCN(C)C)cc1. The van der Waals surface area contributed by atoms with Crippen LogP contribution < -0.4 is 16.2 Å². The minimum absolute atomic E-state index is 0.0956. The maximum Gasteiger partial charge on any atom is 0.239 e. The number of carbonyl (C=O) groups is 1. The lowest BCUT2D eigenvalue weighted by molar-refractivity contribution is -0.121. The van der Waals surface area contributed by atoms with Crippen molar-refractivity contribution in [3.63, 3.8) is 0 Å². The van der Waals surface area contributed by atoms with Crippen LogP contribution in [-0.4, -0.2) is 36.6 Å². The van der Waals surface area contributed by atoms with Crippen molar-refractivity contribution in [2.45, 2.75) is 13.3 Å². The summed E-state index contributed by atoms with van der Waals surface area (Å²) in [5.74, 6) is -0.0956. The number of carbonyl (C=O) groups excluding carboxylic acids is 1. The highest BCUT2D eigenvalue weighted by Gasteiger charge is 2.02. The minimum Gasteiger partial charge on any atom is -0.331 e. The second-order valence-corrected chi connectivity index (χ2v) is 4.95. The van der Waals surface area contributed by atoms with Gasteiger partial charge in [0, 0.05) is 18.7 Å². The Kier molecular flexibility index (Phi) is 6.24. The number of benzene rings is 1. The van der Waals surface area contributed by atoms with E-state index in [1.54, 1.807) is 0 Å². The van der Waals surface area contributed by atoms with Crippen molar-refractivity contribution in [1.29, 1.82) is 0 Å². The molecule has 0 aromatic heterocycles. The molecule has 0 aliphatic rings. The summed E-state index contributed by atoms with van der Waals surface area (Å²) in [6, 6.07) is 7.83. The van der Waals surface area contributed by atoms with Crippen molar-refractivity contribution in [2.24, 2.45) is 0 Å². The van der Waals surface area contributed by atoms with E-state index in [0.717, 1.165) is 5.69 Å². The highest BCUT2D eigenvalue weighted by atomic mass is 32.1. The van der Waals surface area contributed by atoms with Gasteiger partial charge >= 0.3 is 0 Å². The topological polar surface area (TPSA) is 56.4 Å². The highest BCUT2D eigenvalue weighted by Crippen LogP contribution is 2.07. The lowest BCUT2D eigenvalue weighted by atomic mass is 10.2. The number of hydrogen-bond donors (Lipinski definition) is 3. The Labute approximate surface area is 119 Å². The zero-order chi connectivity index (χ0) is 14.3. The molecule has 0 atom stereocenters. The van der Waals surface area contributed by atoms with Crippen LogP contribution >= 0.6 is 12.2 Å². The molecular formula is C13H20N4OS. The van der Waals surface area contributed by atoms with Crippen molar-refractivity contribution in [3.8, 4) is 0 Å². The zero-order valence-electron chi connectivity index (χ0n) is 11.5. The number of hydrogen-bond acceptors (Lipinski definition) is 3. The number of hydrazine groups is 1. The Bertz CT molecular complexity index is 431. The molecule has 1 aromatic carbocycles. The van der Waals surface area contributed by atoms with E-state index in [1.807, 2.05) is 50.2 Å². The number of anilines is 1. The summed E-state index contributed by atoms with van der Waals surface area (Å²) in [5, 5.41) is 3.35. The summed E-state index contributed by atoms with van der Waals surface area (Å²) in [6.07, 6.45) is 0.424. The number of nitrogens with zero attached hydrogens (tertiary/aromatic N) is 1. The monoisotopic (exact) mass is 280 g/mol. The van der Waals surface area contributed by atoms with Gasteiger partial charge in [-0.05, 0) is 45.4 Å². The summed E-state index contributed by atoms with van der Waals surface area (Å²) in [4.78, 5) is 13.4. The fourth-order valence-corrected chi connectivity index (χ4v) is 1.48. The molecule has 0 aliphatic carbocycles. The maximum atomic E-state index is 11.5. The third-order valence-electron chi connectivity index (χ3n) is 2.41. The van der Waals surface area contributed by atoms with Gasteiger partial charge in [-0.2, -0.15) is 0 Å². The molecule has 104 valence electrons. The largest absolute Gasteiger partial charge is 0.331 e. The van der Waals surface area contributed by atoms with E-state index in [9.17, 15) is 4.79 Å². The van der Waals surface area contributed by atoms with Crippen LogP contribution in [0, 0.1) is 6.92 Å². The molecule has 3 N–H and O–H groups in total. The summed E-state index contributed by atoms with van der Waals surface area (Å²) >= 11 is 5.08. The fraction of sp³-hybridized carbons (Fsp3) is 0.385. The average Bonchev–Trinajstić information content (AvgIpc) is 2.36. The molecule has 0 aliphatic heterocycles. The first-order valence-electron chi connectivity index (χ1n) is 6.04. The van der Waals surface area contributed by atoms with Crippen molar-refractivity contribution >= 4 is 28.9 Å². The number of nitrogens with one attached hydrogen (secondary N) is 3. The van der Waals surface area contributed by atoms with Crippen LogP contribution in [0.3, 0.4) is 0 Å². The Morgan fingerprint density at radius 1 is 1.21 bits per heavy atom. The van der Waals surface area contributed by atoms with E-state index in [4.69, 9.17) is 12.2 Å². The second-order valence-electron chi connectivity index (χ2n) is 4.55. The van der Waals surface area contributed by atoms with Gasteiger partial charge in [-0.3, -0.25) is 15.6 Å². The molecule has 0 unspecified atom stereocenters. The van der Waals surface area contributed by atoms with Crippen LogP contribution in [0.15, 0.2) is 24.3 Å². The first kappa shape index (κ1) is 15.4. The van der Waals surface area contributed by atoms with E-state index in [-0.39, 0.29) is 5.91 Å². The molecule has 19 heavy (non-hydrogen) atoms. The smallest absolute Gasteiger partial charge is 0.239 e. The molecule has 5 nitrogen and oxygen atoms in total. The number of aryl methyl sites for hydroxylation is 1. The number of amides is 1. The summed E-state index contributed by atoms with van der Waals surface area (Å²) in [6.45, 7) is 2.72. The summed E-state index contributed by atoms with van der Waals surface area (Å²) in [5.41, 5.74) is 7.28. The quantitative estimate of drug-likeness (QED) is 0.573. The third-order valence-corrected chi connectivity index (χ3v) is 2.62. The highest BCUT2D eigenvalue weighted by molar-refractivity contribution is 7.80. The Hall–Kier alpha value is -1.66. The lowest BCUT2D eigenvalue weighted by Crippen LogP contribution is -2.44. The maximum absolute atomic E-state index is 11.5. The van der Waals surface area contributed by atoms with Gasteiger partial charge in [-0.15, -0.1) is 0 Å². The first-order valence-corrected chi connectivity index (χ1v) is 6.45. The van der Waals surface area contributed by atoms with Gasteiger partial charge in [0.25, 0.3) is 0 Å². The Morgan fingerprint density at radius 2 is 1.84 bits per heavy atom. The molecule has 0 saturated heterocycles. The summed E-state index contributed by atoms with van der Waals surface area (Å²) in [7, 11) is 3.84. The van der Waals surface area contributed by atoms with Crippen LogP contribution in [0.1, 0.15) is 12.0 Å². The molecule has 1 amide bonds. The van der Waals surface area contributed by atoms with Crippen LogP contribution in [0.4, 0.5) is 5.69 Å². The minimum atomic E-state index is -0.0956. The number of thiocarbonyl (C=S) groups is 1. The van der Waals surface area contributed by atoms with Crippen molar-refractivity contribution in [3.05, 3.63) is 29.8 Å². The van der Waals surface area contributed by atoms with Crippen molar-refractivity contribution < 1.29 is 4.79 Å². The van der Waals surface area contributed by atoms with E-state index in [2.05, 4.69) is 16.2 Å². The Morgan fingerprint density at radius 3 is 2.42 bits per heavy atom. The van der Waals surface area contributed by atoms with E-state index >= 15 is 0 Å². The van der Waals surface area contributed by atoms with Crippen LogP contribution in [0.25, 0.3) is 0 Å². The molecule has 1 rings (SSSR count). The average molecular weight is 280 g/mol. The molecule has 6 heteroatoms. The molecule has 0 radical (unpaired) electrons. The van der Waals surface area contributed by atoms with Gasteiger partial charge in [0.2, 0.25) is 5.91 Å². The van der Waals surface area contributed by atoms with Gasteiger partial charge < -0.3 is 10.2 Å². The third kappa shape index (κ3) is 6.73. The van der Waals surface area contributed by atoms with Gasteiger partial charge in [-0.1, -0.05) is 17.7 Å². The molecule has 0 spiro atoms. The van der Waals surface area contributed by atoms with E-state index in [0.29, 0.717) is 18.1 Å². The van der Waals surface area contributed by atoms with E-state index in [1.165, 1.54) is 5.56 Å². The molecular weight excluding hydrogens is 260 g/mol. The Balaban J connectivity index is 2.28. The van der Waals surface area contributed by atoms with Crippen molar-refractivity contribution in [1.82, 2.24) is 15.8 Å². The lowest BCUT2D eigenvalue weighted by Gasteiger charge is -2.13. The second kappa shape index (κ2) is 7.70. The fourth-order valence-electron chi connectivity index (χ4n) is 1.31. The number of rotatable bonds is 4.